The van der Waals surface area contributed by atoms with Crippen molar-refractivity contribution < 1.29 is 39.8 Å². The van der Waals surface area contributed by atoms with E-state index in [-0.39, 0.29) is 25.3 Å². The molecule has 3 aromatic rings. The number of unbranched alkanes of at least 4 members (excludes halogenated alkanes) is 1. The van der Waals surface area contributed by atoms with Crippen molar-refractivity contribution in [3.05, 3.63) is 81.6 Å². The van der Waals surface area contributed by atoms with Gasteiger partial charge in [0.1, 0.15) is 24.1 Å². The van der Waals surface area contributed by atoms with E-state index >= 15 is 0 Å². The molecule has 0 bridgehead atoms. The summed E-state index contributed by atoms with van der Waals surface area (Å²) < 4.78 is 12.8. The van der Waals surface area contributed by atoms with Gasteiger partial charge in [0.2, 0.25) is 0 Å². The minimum Gasteiger partial charge on any atom is -0.490 e. The zero-order chi connectivity index (χ0) is 35.3. The predicted molar refractivity (Wildman–Crippen MR) is 186 cm³/mol. The Morgan fingerprint density at radius 2 is 1.67 bits per heavy atom. The first-order valence-corrected chi connectivity index (χ1v) is 17.7. The van der Waals surface area contributed by atoms with E-state index in [9.17, 15) is 25.2 Å². The van der Waals surface area contributed by atoms with Gasteiger partial charge in [-0.15, -0.1) is 0 Å². The largest absolute Gasteiger partial charge is 0.490 e. The zero-order valence-electron chi connectivity index (χ0n) is 27.8. The number of aryl methyl sites for hydroxylation is 1. The lowest BCUT2D eigenvalue weighted by Crippen LogP contribution is -2.54. The molecule has 1 amide bonds. The molecule has 1 heterocycles. The number of hydrogen-bond acceptors (Lipinski definition) is 9. The number of carbonyl (C=O) groups excluding carboxylic acids is 1. The summed E-state index contributed by atoms with van der Waals surface area (Å²) in [7, 11) is 0. The molecule has 0 aliphatic heterocycles. The molecular weight excluding hydrogens is 671 g/mol. The Hall–Kier alpha value is -2.80. The fourth-order valence-electron chi connectivity index (χ4n) is 5.96. The lowest BCUT2D eigenvalue weighted by atomic mass is 9.96. The van der Waals surface area contributed by atoms with Crippen LogP contribution in [0.5, 0.6) is 5.75 Å². The molecule has 2 aromatic carbocycles. The number of aliphatic hydroxyl groups is 5. The second-order valence-electron chi connectivity index (χ2n) is 13.3. The van der Waals surface area contributed by atoms with Gasteiger partial charge >= 0.3 is 0 Å². The summed E-state index contributed by atoms with van der Waals surface area (Å²) in [5.74, 6) is 0.0909. The molecule has 5 rings (SSSR count). The van der Waals surface area contributed by atoms with E-state index in [0.29, 0.717) is 29.3 Å². The smallest absolute Gasteiger partial charge is 0.254 e. The highest BCUT2D eigenvalue weighted by Crippen LogP contribution is 2.53. The minimum absolute atomic E-state index is 0.275. The van der Waals surface area contributed by atoms with Gasteiger partial charge in [-0.05, 0) is 99.7 Å². The molecule has 0 spiro atoms. The van der Waals surface area contributed by atoms with Gasteiger partial charge in [0, 0.05) is 46.2 Å². The summed E-state index contributed by atoms with van der Waals surface area (Å²) in [5.41, 5.74) is 4.25. The summed E-state index contributed by atoms with van der Waals surface area (Å²) in [6, 6.07) is 13.5. The second-order valence-corrected chi connectivity index (χ2v) is 14.1. The Morgan fingerprint density at radius 3 is 2.35 bits per heavy atom. The third-order valence-corrected chi connectivity index (χ3v) is 9.94. The number of carbonyl (C=O) groups is 1. The van der Waals surface area contributed by atoms with E-state index in [4.69, 9.17) is 37.8 Å². The van der Waals surface area contributed by atoms with Crippen LogP contribution in [-0.2, 0) is 28.2 Å². The van der Waals surface area contributed by atoms with Crippen LogP contribution in [0.2, 0.25) is 10.0 Å². The van der Waals surface area contributed by atoms with Crippen LogP contribution in [0.1, 0.15) is 69.1 Å². The van der Waals surface area contributed by atoms with Crippen LogP contribution in [0.3, 0.4) is 0 Å². The van der Waals surface area contributed by atoms with E-state index in [1.54, 1.807) is 20.0 Å². The first-order valence-electron chi connectivity index (χ1n) is 16.9. The number of aliphatic hydroxyl groups excluding tert-OH is 5. The molecule has 266 valence electrons. The maximum absolute atomic E-state index is 12.9. The van der Waals surface area contributed by atoms with Gasteiger partial charge in [-0.2, -0.15) is 0 Å². The van der Waals surface area contributed by atoms with Crippen molar-refractivity contribution in [3.63, 3.8) is 0 Å². The van der Waals surface area contributed by atoms with Crippen molar-refractivity contribution in [2.24, 2.45) is 0 Å². The predicted octanol–water partition coefficient (Wildman–Crippen LogP) is 4.80. The molecule has 2 aliphatic carbocycles. The van der Waals surface area contributed by atoms with Crippen LogP contribution < -0.4 is 4.74 Å². The summed E-state index contributed by atoms with van der Waals surface area (Å²) >= 11 is 13.5. The molecular formula is C37H46Cl2N2O8. The fourth-order valence-corrected chi connectivity index (χ4v) is 6.48. The standard InChI is InChI=1S/C37H46Cl2N2O8/c1-22(2)41(36(47)35(46)34(45)33(44)31(43)20-42)16-6-5-7-23-17-30(39)24(18-29(23)38)21-48-37(13-14-37)28-19-40-15-12-26(28)27-8-3-4-9-32(27)49-25-10-11-25/h3-4,8-9,12,15,17-19,22,25,31,33-35,42-46H,5-7,10-11,13-14,16,20-21H2,1-2H3. The minimum atomic E-state index is -1.96. The highest BCUT2D eigenvalue weighted by atomic mass is 35.5. The maximum Gasteiger partial charge on any atom is 0.254 e. The zero-order valence-corrected chi connectivity index (χ0v) is 29.4. The molecule has 2 fully saturated rings. The Balaban J connectivity index is 1.18. The number of halogens is 2. The van der Waals surface area contributed by atoms with Crippen LogP contribution >= 0.6 is 23.2 Å². The number of amides is 1. The van der Waals surface area contributed by atoms with E-state index in [2.05, 4.69) is 11.1 Å². The van der Waals surface area contributed by atoms with E-state index in [1.807, 2.05) is 42.6 Å². The van der Waals surface area contributed by atoms with Gasteiger partial charge < -0.3 is 39.9 Å². The average Bonchev–Trinajstić information content (AvgIpc) is 4.05. The lowest BCUT2D eigenvalue weighted by molar-refractivity contribution is -0.160. The van der Waals surface area contributed by atoms with Gasteiger partial charge in [0.15, 0.2) is 6.10 Å². The first kappa shape index (κ1) is 37.5. The highest BCUT2D eigenvalue weighted by molar-refractivity contribution is 6.34. The second kappa shape index (κ2) is 16.5. The third kappa shape index (κ3) is 9.11. The van der Waals surface area contributed by atoms with Gasteiger partial charge in [-0.3, -0.25) is 9.78 Å². The molecule has 0 saturated heterocycles. The highest BCUT2D eigenvalue weighted by Gasteiger charge is 2.48. The maximum atomic E-state index is 12.9. The van der Waals surface area contributed by atoms with Crippen LogP contribution in [0.15, 0.2) is 54.9 Å². The van der Waals surface area contributed by atoms with Gasteiger partial charge in [0.05, 0.1) is 24.9 Å². The van der Waals surface area contributed by atoms with Crippen molar-refractivity contribution in [3.8, 4) is 16.9 Å². The molecule has 49 heavy (non-hydrogen) atoms. The fraction of sp³-hybridized carbons (Fsp3) is 0.514. The van der Waals surface area contributed by atoms with Crippen molar-refractivity contribution in [1.29, 1.82) is 0 Å². The molecule has 0 radical (unpaired) electrons. The number of benzene rings is 2. The third-order valence-electron chi connectivity index (χ3n) is 9.24. The molecule has 2 saturated carbocycles. The van der Waals surface area contributed by atoms with Crippen molar-refractivity contribution in [1.82, 2.24) is 9.88 Å². The van der Waals surface area contributed by atoms with Crippen molar-refractivity contribution in [2.45, 2.75) is 108 Å². The monoisotopic (exact) mass is 716 g/mol. The van der Waals surface area contributed by atoms with Crippen LogP contribution in [-0.4, -0.2) is 91.0 Å². The topological polar surface area (TPSA) is 153 Å². The summed E-state index contributed by atoms with van der Waals surface area (Å²) in [6.07, 6.45) is 2.17. The number of rotatable bonds is 18. The van der Waals surface area contributed by atoms with Crippen LogP contribution in [0.25, 0.3) is 11.1 Å². The summed E-state index contributed by atoms with van der Waals surface area (Å²) in [4.78, 5) is 18.8. The molecule has 5 N–H and O–H groups in total. The number of hydrogen-bond donors (Lipinski definition) is 5. The van der Waals surface area contributed by atoms with E-state index < -0.39 is 42.5 Å². The molecule has 10 nitrogen and oxygen atoms in total. The lowest BCUT2D eigenvalue weighted by Gasteiger charge is -2.32. The van der Waals surface area contributed by atoms with Crippen molar-refractivity contribution in [2.75, 3.05) is 13.2 Å². The summed E-state index contributed by atoms with van der Waals surface area (Å²) in [6.45, 7) is 3.28. The molecule has 4 atom stereocenters. The van der Waals surface area contributed by atoms with Crippen LogP contribution in [0, 0.1) is 0 Å². The van der Waals surface area contributed by atoms with E-state index in [1.165, 1.54) is 4.90 Å². The van der Waals surface area contributed by atoms with Crippen LogP contribution in [0.4, 0.5) is 0 Å². The molecule has 4 unspecified atom stereocenters. The SMILES string of the molecule is CC(C)N(CCCCc1cc(Cl)c(COC2(c3cnccc3-c3ccccc3OC3CC3)CC2)cc1Cl)C(=O)C(O)C(O)C(O)C(O)CO. The Morgan fingerprint density at radius 1 is 0.980 bits per heavy atom. The quantitative estimate of drug-likeness (QED) is 0.117. The molecule has 2 aliphatic rings. The summed E-state index contributed by atoms with van der Waals surface area (Å²) in [5, 5.41) is 50.2. The number of ether oxygens (including phenoxy) is 2. The van der Waals surface area contributed by atoms with E-state index in [0.717, 1.165) is 59.3 Å². The van der Waals surface area contributed by atoms with Gasteiger partial charge in [-0.1, -0.05) is 41.4 Å². The Bertz CT molecular complexity index is 1580. The molecule has 1 aromatic heterocycles. The number of pyridine rings is 1. The molecule has 12 heteroatoms. The number of aromatic nitrogens is 1. The Labute approximate surface area is 297 Å². The first-order chi connectivity index (χ1) is 23.5. The van der Waals surface area contributed by atoms with Crippen molar-refractivity contribution >= 4 is 29.1 Å². The number of para-hydroxylation sites is 1. The van der Waals surface area contributed by atoms with Gasteiger partial charge in [0.25, 0.3) is 5.91 Å². The number of nitrogens with zero attached hydrogens (tertiary/aromatic N) is 2. The average molecular weight is 718 g/mol. The Kier molecular flexibility index (Phi) is 12.6. The van der Waals surface area contributed by atoms with Gasteiger partial charge in [-0.25, -0.2) is 0 Å². The normalized spacial score (nSPS) is 17.8.